The van der Waals surface area contributed by atoms with Crippen LogP contribution in [0.15, 0.2) is 24.3 Å². The molecule has 0 spiro atoms. The van der Waals surface area contributed by atoms with Crippen molar-refractivity contribution in [3.8, 4) is 0 Å². The van der Waals surface area contributed by atoms with Crippen LogP contribution in [0, 0.1) is 0 Å². The summed E-state index contributed by atoms with van der Waals surface area (Å²) in [4.78, 5) is 11.4. The molecule has 6 nitrogen and oxygen atoms in total. The van der Waals surface area contributed by atoms with Gasteiger partial charge in [-0.1, -0.05) is 6.92 Å². The van der Waals surface area contributed by atoms with E-state index < -0.39 is 16.2 Å². The maximum atomic E-state index is 11.8. The first-order chi connectivity index (χ1) is 8.90. The van der Waals surface area contributed by atoms with Gasteiger partial charge in [-0.3, -0.25) is 4.72 Å². The molecule has 1 aromatic carbocycles. The smallest absolute Gasteiger partial charge is 0.338 e. The van der Waals surface area contributed by atoms with Crippen LogP contribution in [0.4, 0.5) is 5.69 Å². The van der Waals surface area contributed by atoms with Crippen LogP contribution in [0.3, 0.4) is 0 Å². The third kappa shape index (κ3) is 4.22. The second-order valence-electron chi connectivity index (χ2n) is 3.82. The second kappa shape index (κ2) is 6.53. The molecule has 0 heterocycles. The molecule has 1 N–H and O–H groups in total. The molecule has 0 fully saturated rings. The van der Waals surface area contributed by atoms with E-state index in [4.69, 9.17) is 4.74 Å². The van der Waals surface area contributed by atoms with Crippen molar-refractivity contribution in [2.75, 3.05) is 24.9 Å². The van der Waals surface area contributed by atoms with Gasteiger partial charge in [0, 0.05) is 19.3 Å². The molecule has 1 aromatic rings. The Morgan fingerprint density at radius 3 is 2.32 bits per heavy atom. The van der Waals surface area contributed by atoms with Crippen molar-refractivity contribution in [1.82, 2.24) is 4.31 Å². The molecule has 1 rings (SSSR count). The number of carbonyl (C=O) groups excluding carboxylic acids is 1. The van der Waals surface area contributed by atoms with Gasteiger partial charge in [-0.2, -0.15) is 12.7 Å². The normalized spacial score (nSPS) is 11.4. The van der Waals surface area contributed by atoms with E-state index >= 15 is 0 Å². The van der Waals surface area contributed by atoms with Crippen LogP contribution in [0.25, 0.3) is 0 Å². The lowest BCUT2D eigenvalue weighted by Gasteiger charge is -2.16. The van der Waals surface area contributed by atoms with Crippen molar-refractivity contribution < 1.29 is 17.9 Å². The SMILES string of the molecule is CCOC(=O)c1ccc(NS(=O)(=O)N(C)CC)cc1. The fraction of sp³-hybridized carbons (Fsp3) is 0.417. The molecule has 0 unspecified atom stereocenters. The Morgan fingerprint density at radius 2 is 1.84 bits per heavy atom. The van der Waals surface area contributed by atoms with Gasteiger partial charge in [0.05, 0.1) is 12.2 Å². The van der Waals surface area contributed by atoms with Gasteiger partial charge >= 0.3 is 16.2 Å². The lowest BCUT2D eigenvalue weighted by atomic mass is 10.2. The molecule has 0 aliphatic heterocycles. The molecule has 0 saturated heterocycles. The summed E-state index contributed by atoms with van der Waals surface area (Å²) < 4.78 is 32.0. The average molecular weight is 286 g/mol. The highest BCUT2D eigenvalue weighted by molar-refractivity contribution is 7.90. The first-order valence-corrected chi connectivity index (χ1v) is 7.36. The fourth-order valence-corrected chi connectivity index (χ4v) is 2.22. The third-order valence-corrected chi connectivity index (χ3v) is 4.07. The van der Waals surface area contributed by atoms with Gasteiger partial charge in [0.2, 0.25) is 0 Å². The lowest BCUT2D eigenvalue weighted by Crippen LogP contribution is -2.32. The van der Waals surface area contributed by atoms with Crippen LogP contribution in [0.2, 0.25) is 0 Å². The maximum Gasteiger partial charge on any atom is 0.338 e. The molecular weight excluding hydrogens is 268 g/mol. The Morgan fingerprint density at radius 1 is 1.26 bits per heavy atom. The number of hydrogen-bond acceptors (Lipinski definition) is 4. The van der Waals surface area contributed by atoms with Gasteiger partial charge in [-0.15, -0.1) is 0 Å². The summed E-state index contributed by atoms with van der Waals surface area (Å²) in [6.45, 7) is 4.13. The van der Waals surface area contributed by atoms with Gasteiger partial charge in [-0.05, 0) is 31.2 Å². The highest BCUT2D eigenvalue weighted by atomic mass is 32.2. The highest BCUT2D eigenvalue weighted by Gasteiger charge is 2.15. The predicted octanol–water partition coefficient (Wildman–Crippen LogP) is 1.47. The molecule has 19 heavy (non-hydrogen) atoms. The second-order valence-corrected chi connectivity index (χ2v) is 5.60. The standard InChI is InChI=1S/C12H18N2O4S/c1-4-14(3)19(16,17)13-11-8-6-10(7-9-11)12(15)18-5-2/h6-9,13H,4-5H2,1-3H3. The zero-order valence-electron chi connectivity index (χ0n) is 11.2. The van der Waals surface area contributed by atoms with E-state index in [1.165, 1.54) is 35.6 Å². The summed E-state index contributed by atoms with van der Waals surface area (Å²) >= 11 is 0. The molecule has 0 aromatic heterocycles. The quantitative estimate of drug-likeness (QED) is 0.804. The number of nitrogens with one attached hydrogen (secondary N) is 1. The topological polar surface area (TPSA) is 75.7 Å². The summed E-state index contributed by atoms with van der Waals surface area (Å²) in [5, 5.41) is 0. The van der Waals surface area contributed by atoms with Crippen LogP contribution in [-0.4, -0.2) is 38.9 Å². The minimum atomic E-state index is -3.54. The molecule has 0 atom stereocenters. The third-order valence-electron chi connectivity index (χ3n) is 2.50. The largest absolute Gasteiger partial charge is 0.462 e. The lowest BCUT2D eigenvalue weighted by molar-refractivity contribution is 0.0526. The fourth-order valence-electron chi connectivity index (χ4n) is 1.29. The molecule has 0 saturated carbocycles. The first-order valence-electron chi connectivity index (χ1n) is 5.92. The van der Waals surface area contributed by atoms with Crippen molar-refractivity contribution in [1.29, 1.82) is 0 Å². The van der Waals surface area contributed by atoms with Gasteiger partial charge in [0.15, 0.2) is 0 Å². The van der Waals surface area contributed by atoms with Gasteiger partial charge in [0.25, 0.3) is 0 Å². The average Bonchev–Trinajstić information content (AvgIpc) is 2.38. The summed E-state index contributed by atoms with van der Waals surface area (Å²) in [5.74, 6) is -0.428. The van der Waals surface area contributed by atoms with E-state index in [0.29, 0.717) is 24.4 Å². The zero-order valence-corrected chi connectivity index (χ0v) is 12.0. The summed E-state index contributed by atoms with van der Waals surface area (Å²) in [5.41, 5.74) is 0.780. The molecule has 7 heteroatoms. The summed E-state index contributed by atoms with van der Waals surface area (Å²) in [6.07, 6.45) is 0. The molecule has 106 valence electrons. The molecular formula is C12H18N2O4S. The van der Waals surface area contributed by atoms with Crippen LogP contribution >= 0.6 is 0 Å². The van der Waals surface area contributed by atoms with Crippen molar-refractivity contribution in [2.24, 2.45) is 0 Å². The highest BCUT2D eigenvalue weighted by Crippen LogP contribution is 2.13. The summed E-state index contributed by atoms with van der Waals surface area (Å²) in [7, 11) is -2.06. The molecule has 0 amide bonds. The minimum Gasteiger partial charge on any atom is -0.462 e. The van der Waals surface area contributed by atoms with Crippen molar-refractivity contribution in [2.45, 2.75) is 13.8 Å². The van der Waals surface area contributed by atoms with E-state index in [9.17, 15) is 13.2 Å². The van der Waals surface area contributed by atoms with Gasteiger partial charge < -0.3 is 4.74 Å². The Bertz CT molecular complexity index is 525. The van der Waals surface area contributed by atoms with Crippen LogP contribution < -0.4 is 4.72 Å². The van der Waals surface area contributed by atoms with Gasteiger partial charge in [-0.25, -0.2) is 4.79 Å². The summed E-state index contributed by atoms with van der Waals surface area (Å²) in [6, 6.07) is 6.07. The maximum absolute atomic E-state index is 11.8. The van der Waals surface area contributed by atoms with Crippen molar-refractivity contribution >= 4 is 21.9 Å². The Hall–Kier alpha value is -1.60. The number of benzene rings is 1. The van der Waals surface area contributed by atoms with E-state index in [0.717, 1.165) is 0 Å². The number of ether oxygens (including phenoxy) is 1. The molecule has 0 bridgehead atoms. The van der Waals surface area contributed by atoms with Crippen LogP contribution in [0.1, 0.15) is 24.2 Å². The predicted molar refractivity (Wildman–Crippen MR) is 73.2 cm³/mol. The molecule has 0 radical (unpaired) electrons. The zero-order chi connectivity index (χ0) is 14.5. The first kappa shape index (κ1) is 15.5. The Kier molecular flexibility index (Phi) is 5.31. The number of esters is 1. The molecule has 0 aliphatic rings. The Balaban J connectivity index is 2.80. The minimum absolute atomic E-state index is 0.300. The van der Waals surface area contributed by atoms with Crippen LogP contribution in [0.5, 0.6) is 0 Å². The molecule has 0 aliphatic carbocycles. The number of rotatable bonds is 6. The van der Waals surface area contributed by atoms with Gasteiger partial charge in [0.1, 0.15) is 0 Å². The van der Waals surface area contributed by atoms with Crippen molar-refractivity contribution in [3.05, 3.63) is 29.8 Å². The number of carbonyl (C=O) groups is 1. The number of anilines is 1. The number of hydrogen-bond donors (Lipinski definition) is 1. The van der Waals surface area contributed by atoms with E-state index in [1.807, 2.05) is 0 Å². The van der Waals surface area contributed by atoms with E-state index in [2.05, 4.69) is 4.72 Å². The number of nitrogens with zero attached hydrogens (tertiary/aromatic N) is 1. The Labute approximate surface area is 113 Å². The monoisotopic (exact) mass is 286 g/mol. The van der Waals surface area contributed by atoms with E-state index in [1.54, 1.807) is 13.8 Å². The van der Waals surface area contributed by atoms with E-state index in [-0.39, 0.29) is 0 Å². The van der Waals surface area contributed by atoms with Crippen molar-refractivity contribution in [3.63, 3.8) is 0 Å². The van der Waals surface area contributed by atoms with Crippen LogP contribution in [-0.2, 0) is 14.9 Å².